The zero-order chi connectivity index (χ0) is 22.3. The van der Waals surface area contributed by atoms with Gasteiger partial charge in [-0.25, -0.2) is 0 Å². The SMILES string of the molecule is CCCCCCCC[P+](CCCCCCCC)(CCCCCCCC)C(CO)OC. The van der Waals surface area contributed by atoms with Gasteiger partial charge in [-0.1, -0.05) is 97.8 Å². The normalized spacial score (nSPS) is 13.1. The van der Waals surface area contributed by atoms with E-state index in [9.17, 15) is 5.11 Å². The number of aliphatic hydroxyl groups is 1. The number of hydrogen-bond donors (Lipinski definition) is 1. The highest BCUT2D eigenvalue weighted by Gasteiger charge is 2.44. The molecule has 1 unspecified atom stereocenters. The van der Waals surface area contributed by atoms with Crippen molar-refractivity contribution in [1.29, 1.82) is 0 Å². The topological polar surface area (TPSA) is 29.5 Å². The van der Waals surface area contributed by atoms with Crippen LogP contribution in [0, 0.1) is 0 Å². The number of ether oxygens (including phenoxy) is 1. The Bertz CT molecular complexity index is 290. The van der Waals surface area contributed by atoms with Crippen LogP contribution >= 0.6 is 7.26 Å². The molecule has 0 bridgehead atoms. The summed E-state index contributed by atoms with van der Waals surface area (Å²) >= 11 is 0. The average Bonchev–Trinajstić information content (AvgIpc) is 2.76. The third kappa shape index (κ3) is 15.2. The van der Waals surface area contributed by atoms with Gasteiger partial charge < -0.3 is 9.84 Å². The van der Waals surface area contributed by atoms with Gasteiger partial charge in [-0.2, -0.15) is 0 Å². The van der Waals surface area contributed by atoms with Gasteiger partial charge in [-0.05, 0) is 38.5 Å². The molecule has 0 saturated carbocycles. The Morgan fingerprint density at radius 1 is 0.533 bits per heavy atom. The zero-order valence-corrected chi connectivity index (χ0v) is 22.3. The van der Waals surface area contributed by atoms with Crippen molar-refractivity contribution in [2.45, 2.75) is 142 Å². The van der Waals surface area contributed by atoms with E-state index in [4.69, 9.17) is 4.74 Å². The van der Waals surface area contributed by atoms with Crippen LogP contribution in [0.15, 0.2) is 0 Å². The van der Waals surface area contributed by atoms with E-state index in [1.54, 1.807) is 0 Å². The molecule has 0 aliphatic rings. The van der Waals surface area contributed by atoms with E-state index in [2.05, 4.69) is 20.8 Å². The fraction of sp³-hybridized carbons (Fsp3) is 1.00. The summed E-state index contributed by atoms with van der Waals surface area (Å²) in [5.74, 6) is 0.124. The predicted molar refractivity (Wildman–Crippen MR) is 140 cm³/mol. The molecule has 0 amide bonds. The van der Waals surface area contributed by atoms with E-state index < -0.39 is 7.26 Å². The fourth-order valence-corrected chi connectivity index (χ4v) is 9.75. The van der Waals surface area contributed by atoms with Crippen LogP contribution in [0.1, 0.15) is 136 Å². The third-order valence-electron chi connectivity index (χ3n) is 6.91. The zero-order valence-electron chi connectivity index (χ0n) is 21.4. The molecule has 2 nitrogen and oxygen atoms in total. The first-order valence-corrected chi connectivity index (χ1v) is 16.1. The molecule has 1 N–H and O–H groups in total. The quantitative estimate of drug-likeness (QED) is 0.119. The second-order valence-corrected chi connectivity index (χ2v) is 13.9. The van der Waals surface area contributed by atoms with Crippen molar-refractivity contribution in [2.24, 2.45) is 0 Å². The van der Waals surface area contributed by atoms with Crippen molar-refractivity contribution >= 4 is 7.26 Å². The van der Waals surface area contributed by atoms with Crippen LogP contribution in [0.25, 0.3) is 0 Å². The molecule has 1 atom stereocenters. The molecule has 0 aromatic heterocycles. The Labute approximate surface area is 191 Å². The van der Waals surface area contributed by atoms with Gasteiger partial charge in [0.1, 0.15) is 6.61 Å². The van der Waals surface area contributed by atoms with E-state index in [0.717, 1.165) is 0 Å². The summed E-state index contributed by atoms with van der Waals surface area (Å²) in [6.45, 7) is 7.11. The molecule has 0 aliphatic heterocycles. The lowest BCUT2D eigenvalue weighted by molar-refractivity contribution is 0.103. The Morgan fingerprint density at radius 3 is 1.10 bits per heavy atom. The van der Waals surface area contributed by atoms with Crippen LogP contribution in [0.5, 0.6) is 0 Å². The van der Waals surface area contributed by atoms with Crippen molar-refractivity contribution in [3.8, 4) is 0 Å². The van der Waals surface area contributed by atoms with Gasteiger partial charge in [-0.15, -0.1) is 0 Å². The van der Waals surface area contributed by atoms with Crippen LogP contribution in [-0.4, -0.2) is 43.2 Å². The smallest absolute Gasteiger partial charge is 0.189 e. The Kier molecular flexibility index (Phi) is 22.8. The first-order valence-electron chi connectivity index (χ1n) is 13.7. The lowest BCUT2D eigenvalue weighted by Gasteiger charge is -2.33. The number of rotatable bonds is 24. The Morgan fingerprint density at radius 2 is 0.833 bits per heavy atom. The van der Waals surface area contributed by atoms with Crippen molar-refractivity contribution < 1.29 is 9.84 Å². The number of unbranched alkanes of at least 4 members (excludes halogenated alkanes) is 15. The van der Waals surface area contributed by atoms with E-state index in [0.29, 0.717) is 0 Å². The van der Waals surface area contributed by atoms with Gasteiger partial charge in [0.2, 0.25) is 0 Å². The minimum atomic E-state index is -1.25. The molecule has 0 aromatic carbocycles. The predicted octanol–water partition coefficient (Wildman–Crippen LogP) is 9.05. The average molecular weight is 446 g/mol. The Balaban J connectivity index is 4.79. The maximum absolute atomic E-state index is 10.2. The maximum Gasteiger partial charge on any atom is 0.189 e. The second kappa shape index (κ2) is 22.5. The molecule has 182 valence electrons. The van der Waals surface area contributed by atoms with Crippen LogP contribution in [0.3, 0.4) is 0 Å². The van der Waals surface area contributed by atoms with Crippen LogP contribution in [0.2, 0.25) is 0 Å². The Hall–Kier alpha value is 0.350. The molecule has 0 heterocycles. The molecule has 0 saturated heterocycles. The van der Waals surface area contributed by atoms with Gasteiger partial charge >= 0.3 is 0 Å². The summed E-state index contributed by atoms with van der Waals surface area (Å²) in [6, 6.07) is 0. The second-order valence-electron chi connectivity index (χ2n) is 9.57. The molecule has 30 heavy (non-hydrogen) atoms. The van der Waals surface area contributed by atoms with Gasteiger partial charge in [-0.3, -0.25) is 0 Å². The highest BCUT2D eigenvalue weighted by Crippen LogP contribution is 2.65. The highest BCUT2D eigenvalue weighted by atomic mass is 31.2. The monoisotopic (exact) mass is 445 g/mol. The summed E-state index contributed by atoms with van der Waals surface area (Å²) in [5.41, 5.74) is 0. The largest absolute Gasteiger partial charge is 0.390 e. The maximum atomic E-state index is 10.2. The first kappa shape index (κ1) is 30.4. The van der Waals surface area contributed by atoms with Crippen molar-refractivity contribution in [3.05, 3.63) is 0 Å². The van der Waals surface area contributed by atoms with Gasteiger partial charge in [0.15, 0.2) is 5.85 Å². The molecule has 0 spiro atoms. The summed E-state index contributed by atoms with van der Waals surface area (Å²) in [4.78, 5) is 0. The minimum Gasteiger partial charge on any atom is -0.390 e. The van der Waals surface area contributed by atoms with Crippen molar-refractivity contribution in [2.75, 3.05) is 32.2 Å². The van der Waals surface area contributed by atoms with Crippen LogP contribution < -0.4 is 0 Å². The molecular formula is C27H58O2P+. The molecule has 0 aromatic rings. The van der Waals surface area contributed by atoms with Gasteiger partial charge in [0, 0.05) is 14.4 Å². The molecule has 0 radical (unpaired) electrons. The summed E-state index contributed by atoms with van der Waals surface area (Å²) < 4.78 is 5.95. The lowest BCUT2D eigenvalue weighted by atomic mass is 10.1. The summed E-state index contributed by atoms with van der Waals surface area (Å²) in [5, 5.41) is 10.2. The van der Waals surface area contributed by atoms with Crippen LogP contribution in [0.4, 0.5) is 0 Å². The van der Waals surface area contributed by atoms with Gasteiger partial charge in [0.25, 0.3) is 0 Å². The van der Waals surface area contributed by atoms with Crippen molar-refractivity contribution in [3.63, 3.8) is 0 Å². The van der Waals surface area contributed by atoms with Gasteiger partial charge in [0.05, 0.1) is 18.5 Å². The minimum absolute atomic E-state index is 0.124. The van der Waals surface area contributed by atoms with E-state index in [1.165, 1.54) is 134 Å². The molecule has 0 fully saturated rings. The molecule has 0 aliphatic carbocycles. The van der Waals surface area contributed by atoms with Crippen LogP contribution in [-0.2, 0) is 4.74 Å². The van der Waals surface area contributed by atoms with E-state index >= 15 is 0 Å². The number of methoxy groups -OCH3 is 1. The summed E-state index contributed by atoms with van der Waals surface area (Å²) in [6.07, 6.45) is 28.7. The lowest BCUT2D eigenvalue weighted by Crippen LogP contribution is -2.27. The fourth-order valence-electron chi connectivity index (χ4n) is 4.86. The summed E-state index contributed by atoms with van der Waals surface area (Å²) in [7, 11) is 0.601. The third-order valence-corrected chi connectivity index (χ3v) is 12.1. The standard InChI is InChI=1S/C27H58O2P/c1-5-8-11-14-17-20-23-30(27(26-28)29-4,24-21-18-15-12-9-6-2)25-22-19-16-13-10-7-3/h27-28H,5-26H2,1-4H3/q+1. The number of aliphatic hydroxyl groups excluding tert-OH is 1. The molecule has 3 heteroatoms. The van der Waals surface area contributed by atoms with Crippen molar-refractivity contribution in [1.82, 2.24) is 0 Å². The molecular weight excluding hydrogens is 387 g/mol. The number of hydrogen-bond acceptors (Lipinski definition) is 2. The molecule has 0 rings (SSSR count). The van der Waals surface area contributed by atoms with E-state index in [1.807, 2.05) is 7.11 Å². The highest BCUT2D eigenvalue weighted by molar-refractivity contribution is 7.76. The first-order chi connectivity index (χ1) is 14.7. The van der Waals surface area contributed by atoms with E-state index in [-0.39, 0.29) is 12.5 Å².